The highest BCUT2D eigenvalue weighted by Crippen LogP contribution is 2.33. The summed E-state index contributed by atoms with van der Waals surface area (Å²) in [5.74, 6) is -0.239. The molecule has 6 nitrogen and oxygen atoms in total. The number of rotatable bonds is 8. The minimum atomic E-state index is -3.43. The molecule has 4 rings (SSSR count). The van der Waals surface area contributed by atoms with Gasteiger partial charge in [-0.05, 0) is 61.2 Å². The zero-order valence-corrected chi connectivity index (χ0v) is 20.2. The summed E-state index contributed by atoms with van der Waals surface area (Å²) in [6, 6.07) is 16.2. The molecule has 0 spiro atoms. The maximum absolute atomic E-state index is 13.3. The molecule has 0 bridgehead atoms. The predicted molar refractivity (Wildman–Crippen MR) is 132 cm³/mol. The predicted octanol–water partition coefficient (Wildman–Crippen LogP) is 5.10. The van der Waals surface area contributed by atoms with Crippen molar-refractivity contribution in [1.29, 1.82) is 0 Å². The highest BCUT2D eigenvalue weighted by atomic mass is 32.2. The van der Waals surface area contributed by atoms with Gasteiger partial charge in [0.15, 0.2) is 15.0 Å². The van der Waals surface area contributed by atoms with E-state index in [2.05, 4.69) is 17.1 Å². The molecular weight excluding hydrogens is 454 g/mol. The van der Waals surface area contributed by atoms with Crippen LogP contribution >= 0.6 is 11.3 Å². The van der Waals surface area contributed by atoms with E-state index in [0.717, 1.165) is 26.9 Å². The average molecular weight is 480 g/mol. The molecule has 0 fully saturated rings. The van der Waals surface area contributed by atoms with Crippen LogP contribution in [0.5, 0.6) is 0 Å². The first-order valence-corrected chi connectivity index (χ1v) is 13.2. The number of anilines is 1. The lowest BCUT2D eigenvalue weighted by molar-refractivity contribution is -0.118. The zero-order chi connectivity index (χ0) is 23.4. The molecule has 0 atom stereocenters. The lowest BCUT2D eigenvalue weighted by Crippen LogP contribution is -2.30. The van der Waals surface area contributed by atoms with Gasteiger partial charge in [0.25, 0.3) is 0 Å². The summed E-state index contributed by atoms with van der Waals surface area (Å²) in [5.41, 5.74) is 3.98. The van der Waals surface area contributed by atoms with Gasteiger partial charge in [-0.15, -0.1) is 0 Å². The average Bonchev–Trinajstić information content (AvgIpc) is 3.22. The quantitative estimate of drug-likeness (QED) is 0.351. The molecule has 8 heteroatoms. The Hall–Kier alpha value is -3.10. The summed E-state index contributed by atoms with van der Waals surface area (Å²) in [6.07, 6.45) is 3.76. The topological polar surface area (TPSA) is 80.2 Å². The largest absolute Gasteiger partial charge is 0.284 e. The fourth-order valence-electron chi connectivity index (χ4n) is 3.71. The molecule has 0 aliphatic heterocycles. The minimum absolute atomic E-state index is 0.0817. The summed E-state index contributed by atoms with van der Waals surface area (Å²) in [4.78, 5) is 24.1. The molecule has 2 aromatic carbocycles. The van der Waals surface area contributed by atoms with Crippen molar-refractivity contribution in [2.45, 2.75) is 38.1 Å². The third kappa shape index (κ3) is 5.46. The van der Waals surface area contributed by atoms with Crippen molar-refractivity contribution in [3.05, 3.63) is 83.7 Å². The van der Waals surface area contributed by atoms with E-state index in [1.54, 1.807) is 47.6 Å². The SMILES string of the molecule is Cc1cc(C)c2nc(N(Cc3cccnc3)C(=O)CCCS(=O)(=O)c3ccccc3)sc2c1. The second-order valence-corrected chi connectivity index (χ2v) is 11.1. The van der Waals surface area contributed by atoms with Gasteiger partial charge in [0.05, 0.1) is 27.4 Å². The van der Waals surface area contributed by atoms with Crippen LogP contribution in [0.25, 0.3) is 10.2 Å². The van der Waals surface area contributed by atoms with E-state index >= 15 is 0 Å². The van der Waals surface area contributed by atoms with Crippen LogP contribution in [0.4, 0.5) is 5.13 Å². The molecule has 170 valence electrons. The number of nitrogens with zero attached hydrogens (tertiary/aromatic N) is 3. The summed E-state index contributed by atoms with van der Waals surface area (Å²) >= 11 is 1.47. The number of aryl methyl sites for hydroxylation is 2. The Balaban J connectivity index is 1.56. The molecule has 4 aromatic rings. The second kappa shape index (κ2) is 9.80. The first kappa shape index (κ1) is 23.1. The van der Waals surface area contributed by atoms with Crippen LogP contribution in [0, 0.1) is 13.8 Å². The van der Waals surface area contributed by atoms with E-state index in [1.807, 2.05) is 26.0 Å². The maximum Gasteiger partial charge on any atom is 0.229 e. The number of hydrogen-bond donors (Lipinski definition) is 0. The lowest BCUT2D eigenvalue weighted by Gasteiger charge is -2.20. The number of sulfone groups is 1. The van der Waals surface area contributed by atoms with Gasteiger partial charge < -0.3 is 0 Å². The van der Waals surface area contributed by atoms with Crippen molar-refractivity contribution in [2.24, 2.45) is 0 Å². The van der Waals surface area contributed by atoms with Crippen LogP contribution in [-0.4, -0.2) is 30.0 Å². The molecule has 0 saturated carbocycles. The Kier molecular flexibility index (Phi) is 6.85. The number of benzene rings is 2. The minimum Gasteiger partial charge on any atom is -0.284 e. The Labute approximate surface area is 197 Å². The van der Waals surface area contributed by atoms with Crippen molar-refractivity contribution < 1.29 is 13.2 Å². The van der Waals surface area contributed by atoms with E-state index in [4.69, 9.17) is 4.98 Å². The molecule has 0 N–H and O–H groups in total. The van der Waals surface area contributed by atoms with Gasteiger partial charge in [-0.3, -0.25) is 14.7 Å². The second-order valence-electron chi connectivity index (χ2n) is 8.00. The van der Waals surface area contributed by atoms with Crippen LogP contribution in [0.2, 0.25) is 0 Å². The van der Waals surface area contributed by atoms with Gasteiger partial charge in [0.1, 0.15) is 0 Å². The summed E-state index contributed by atoms with van der Waals surface area (Å²) in [7, 11) is -3.43. The van der Waals surface area contributed by atoms with Gasteiger partial charge in [-0.2, -0.15) is 0 Å². The third-order valence-electron chi connectivity index (χ3n) is 5.32. The Morgan fingerprint density at radius 2 is 1.85 bits per heavy atom. The molecular formula is C25H25N3O3S2. The van der Waals surface area contributed by atoms with Gasteiger partial charge in [0.2, 0.25) is 5.91 Å². The first-order valence-electron chi connectivity index (χ1n) is 10.7. The number of fused-ring (bicyclic) bond motifs is 1. The molecule has 0 unspecified atom stereocenters. The van der Waals surface area contributed by atoms with E-state index < -0.39 is 9.84 Å². The third-order valence-corrected chi connectivity index (χ3v) is 8.16. The monoisotopic (exact) mass is 479 g/mol. The van der Waals surface area contributed by atoms with Crippen LogP contribution in [-0.2, 0) is 21.2 Å². The Morgan fingerprint density at radius 1 is 1.06 bits per heavy atom. The summed E-state index contributed by atoms with van der Waals surface area (Å²) < 4.78 is 26.2. The Morgan fingerprint density at radius 3 is 2.58 bits per heavy atom. The van der Waals surface area contributed by atoms with Crippen molar-refractivity contribution in [2.75, 3.05) is 10.7 Å². The number of amides is 1. The van der Waals surface area contributed by atoms with Gasteiger partial charge in [0, 0.05) is 18.8 Å². The van der Waals surface area contributed by atoms with Crippen molar-refractivity contribution in [3.63, 3.8) is 0 Å². The maximum atomic E-state index is 13.3. The number of pyridine rings is 1. The number of carbonyl (C=O) groups excluding carboxylic acids is 1. The lowest BCUT2D eigenvalue weighted by atomic mass is 10.1. The first-order chi connectivity index (χ1) is 15.8. The van der Waals surface area contributed by atoms with E-state index in [1.165, 1.54) is 11.3 Å². The van der Waals surface area contributed by atoms with Gasteiger partial charge in [-0.25, -0.2) is 13.4 Å². The normalized spacial score (nSPS) is 11.6. The number of thiazole rings is 1. The highest BCUT2D eigenvalue weighted by molar-refractivity contribution is 7.91. The molecule has 33 heavy (non-hydrogen) atoms. The number of hydrogen-bond acceptors (Lipinski definition) is 6. The molecule has 0 saturated heterocycles. The van der Waals surface area contributed by atoms with E-state index in [0.29, 0.717) is 11.7 Å². The number of aromatic nitrogens is 2. The molecule has 2 aromatic heterocycles. The van der Waals surface area contributed by atoms with Crippen LogP contribution in [0.1, 0.15) is 29.5 Å². The molecule has 0 aliphatic rings. The van der Waals surface area contributed by atoms with Crippen molar-refractivity contribution >= 4 is 42.4 Å². The van der Waals surface area contributed by atoms with Crippen molar-refractivity contribution in [1.82, 2.24) is 9.97 Å². The smallest absolute Gasteiger partial charge is 0.229 e. The fraction of sp³-hybridized carbons (Fsp3) is 0.240. The molecule has 0 radical (unpaired) electrons. The summed E-state index contributed by atoms with van der Waals surface area (Å²) in [6.45, 7) is 4.38. The van der Waals surface area contributed by atoms with Gasteiger partial charge in [-0.1, -0.05) is 41.7 Å². The molecule has 2 heterocycles. The van der Waals surface area contributed by atoms with Crippen molar-refractivity contribution in [3.8, 4) is 0 Å². The van der Waals surface area contributed by atoms with Crippen LogP contribution < -0.4 is 4.90 Å². The zero-order valence-electron chi connectivity index (χ0n) is 18.6. The summed E-state index contributed by atoms with van der Waals surface area (Å²) in [5, 5.41) is 0.610. The fourth-order valence-corrected chi connectivity index (χ4v) is 6.20. The molecule has 0 aliphatic carbocycles. The van der Waals surface area contributed by atoms with Crippen LogP contribution in [0.3, 0.4) is 0 Å². The Bertz CT molecular complexity index is 1370. The van der Waals surface area contributed by atoms with Gasteiger partial charge >= 0.3 is 0 Å². The standard InChI is InChI=1S/C25H25N3O3S2/c1-18-14-19(2)24-22(15-18)32-25(27-24)28(17-20-8-6-12-26-16-20)23(29)11-7-13-33(30,31)21-9-4-3-5-10-21/h3-6,8-10,12,14-16H,7,11,13,17H2,1-2H3. The molecule has 1 amide bonds. The van der Waals surface area contributed by atoms with E-state index in [-0.39, 0.29) is 29.4 Å². The highest BCUT2D eigenvalue weighted by Gasteiger charge is 2.22. The number of carbonyl (C=O) groups is 1. The van der Waals surface area contributed by atoms with E-state index in [9.17, 15) is 13.2 Å². The van der Waals surface area contributed by atoms with Crippen LogP contribution in [0.15, 0.2) is 71.9 Å².